The molecule has 2 atom stereocenters. The molecule has 0 bridgehead atoms. The Morgan fingerprint density at radius 1 is 1.17 bits per heavy atom. The summed E-state index contributed by atoms with van der Waals surface area (Å²) < 4.78 is 11.1. The molecule has 3 aliphatic rings. The summed E-state index contributed by atoms with van der Waals surface area (Å²) in [4.78, 5) is 33.3. The number of hydrogen-bond acceptors (Lipinski definition) is 10. The monoisotopic (exact) mass is 564 g/mol. The molecule has 2 aromatic heterocycles. The van der Waals surface area contributed by atoms with Gasteiger partial charge in [0.1, 0.15) is 24.4 Å². The first-order chi connectivity index (χ1) is 20.6. The summed E-state index contributed by atoms with van der Waals surface area (Å²) in [6, 6.07) is 15.1. The molecular formula is C31H32N8O3. The lowest BCUT2D eigenvalue weighted by Crippen LogP contribution is -2.57. The molecule has 0 aliphatic carbocycles. The Hall–Kier alpha value is -4.69. The van der Waals surface area contributed by atoms with Gasteiger partial charge in [-0.15, -0.1) is 0 Å². The molecule has 1 unspecified atom stereocenters. The molecule has 2 saturated heterocycles. The van der Waals surface area contributed by atoms with Gasteiger partial charge in [0.2, 0.25) is 5.91 Å². The summed E-state index contributed by atoms with van der Waals surface area (Å²) in [5.74, 6) is 0.903. The van der Waals surface area contributed by atoms with Gasteiger partial charge in [-0.3, -0.25) is 4.79 Å². The summed E-state index contributed by atoms with van der Waals surface area (Å²) in [7, 11) is 0. The van der Waals surface area contributed by atoms with Gasteiger partial charge in [0.15, 0.2) is 6.39 Å². The van der Waals surface area contributed by atoms with E-state index < -0.39 is 0 Å². The normalized spacial score (nSPS) is 19.9. The number of rotatable bonds is 7. The summed E-state index contributed by atoms with van der Waals surface area (Å²) in [5.41, 5.74) is 5.10. The summed E-state index contributed by atoms with van der Waals surface area (Å²) >= 11 is 0. The standard InChI is InChI=1S/C31H32N8O3/c1-20-4-2-5-21-6-3-7-27(28(20)21)37-11-9-24-26(16-37)35-31(42-18-22-17-41-19-34-22)36-29(24)38-12-13-39(23(15-38)8-10-32)30(40)25-14-33-25/h2-7,17,19,23,25,33H,8-9,11-16,18H2,1H3/t23-,25?/m0/s1. The predicted octanol–water partition coefficient (Wildman–Crippen LogP) is 2.97. The van der Waals surface area contributed by atoms with Crippen LogP contribution in [0.3, 0.4) is 0 Å². The minimum atomic E-state index is -0.206. The second-order valence-corrected chi connectivity index (χ2v) is 11.1. The number of nitrogens with zero attached hydrogens (tertiary/aromatic N) is 7. The fourth-order valence-corrected chi connectivity index (χ4v) is 6.19. The zero-order valence-corrected chi connectivity index (χ0v) is 23.5. The molecule has 7 rings (SSSR count). The highest BCUT2D eigenvalue weighted by Crippen LogP contribution is 2.36. The number of carbonyl (C=O) groups excluding carboxylic acids is 1. The molecular weight excluding hydrogens is 532 g/mol. The Bertz CT molecular complexity index is 1660. The van der Waals surface area contributed by atoms with Crippen molar-refractivity contribution in [3.05, 3.63) is 71.6 Å². The van der Waals surface area contributed by atoms with E-state index in [-0.39, 0.29) is 37.0 Å². The Kier molecular flexibility index (Phi) is 6.83. The number of anilines is 2. The van der Waals surface area contributed by atoms with Crippen molar-refractivity contribution in [3.8, 4) is 12.1 Å². The number of nitrogens with one attached hydrogen (secondary N) is 1. The van der Waals surface area contributed by atoms with Gasteiger partial charge in [0.05, 0.1) is 36.8 Å². The van der Waals surface area contributed by atoms with Gasteiger partial charge in [-0.1, -0.05) is 30.3 Å². The van der Waals surface area contributed by atoms with Crippen molar-refractivity contribution in [2.24, 2.45) is 0 Å². The van der Waals surface area contributed by atoms with Crippen LogP contribution in [-0.2, 0) is 24.4 Å². The van der Waals surface area contributed by atoms with Crippen molar-refractivity contribution in [3.63, 3.8) is 0 Å². The molecule has 1 N–H and O–H groups in total. The highest BCUT2D eigenvalue weighted by atomic mass is 16.5. The third-order valence-corrected chi connectivity index (χ3v) is 8.39. The van der Waals surface area contributed by atoms with Crippen molar-refractivity contribution in [1.82, 2.24) is 25.2 Å². The molecule has 0 radical (unpaired) electrons. The van der Waals surface area contributed by atoms with Crippen molar-refractivity contribution < 1.29 is 13.9 Å². The van der Waals surface area contributed by atoms with E-state index in [9.17, 15) is 10.1 Å². The number of hydrogen-bond donors (Lipinski definition) is 1. The molecule has 3 aliphatic heterocycles. The lowest BCUT2D eigenvalue weighted by atomic mass is 9.99. The van der Waals surface area contributed by atoms with Gasteiger partial charge in [0.25, 0.3) is 0 Å². The van der Waals surface area contributed by atoms with Crippen molar-refractivity contribution in [2.75, 3.05) is 42.5 Å². The maximum atomic E-state index is 12.9. The first-order valence-electron chi connectivity index (χ1n) is 14.4. The van der Waals surface area contributed by atoms with Gasteiger partial charge in [-0.25, -0.2) is 4.98 Å². The van der Waals surface area contributed by atoms with E-state index in [0.717, 1.165) is 30.0 Å². The Morgan fingerprint density at radius 2 is 2.02 bits per heavy atom. The van der Waals surface area contributed by atoms with Crippen molar-refractivity contribution >= 4 is 28.2 Å². The van der Waals surface area contributed by atoms with E-state index in [0.29, 0.717) is 38.4 Å². The zero-order chi connectivity index (χ0) is 28.6. The number of carbonyl (C=O) groups is 1. The van der Waals surface area contributed by atoms with Crippen LogP contribution in [0.5, 0.6) is 6.01 Å². The van der Waals surface area contributed by atoms with Crippen LogP contribution in [0, 0.1) is 18.3 Å². The molecule has 214 valence electrons. The summed E-state index contributed by atoms with van der Waals surface area (Å²) in [6.07, 6.45) is 3.95. The van der Waals surface area contributed by atoms with Gasteiger partial charge in [-0.05, 0) is 30.4 Å². The third kappa shape index (κ3) is 4.99. The first kappa shape index (κ1) is 26.2. The minimum absolute atomic E-state index is 0.0808. The molecule has 0 spiro atoms. The Balaban J connectivity index is 1.22. The molecule has 0 saturated carbocycles. The Morgan fingerprint density at radius 3 is 2.81 bits per heavy atom. The van der Waals surface area contributed by atoms with Gasteiger partial charge >= 0.3 is 6.01 Å². The highest BCUT2D eigenvalue weighted by Gasteiger charge is 2.39. The fourth-order valence-electron chi connectivity index (χ4n) is 6.19. The largest absolute Gasteiger partial charge is 0.457 e. The number of aromatic nitrogens is 3. The van der Waals surface area contributed by atoms with Crippen molar-refractivity contribution in [2.45, 2.75) is 45.0 Å². The molecule has 5 heterocycles. The minimum Gasteiger partial charge on any atom is -0.457 e. The molecule has 2 fully saturated rings. The number of ether oxygens (including phenoxy) is 1. The average Bonchev–Trinajstić information content (AvgIpc) is 3.74. The fraction of sp³-hybridized carbons (Fsp3) is 0.387. The van der Waals surface area contributed by atoms with Crippen LogP contribution < -0.4 is 19.9 Å². The lowest BCUT2D eigenvalue weighted by Gasteiger charge is -2.42. The zero-order valence-electron chi connectivity index (χ0n) is 23.5. The van der Waals surface area contributed by atoms with Gasteiger partial charge in [0, 0.05) is 49.4 Å². The smallest absolute Gasteiger partial charge is 0.319 e. The van der Waals surface area contributed by atoms with Crippen LogP contribution in [0.15, 0.2) is 53.5 Å². The van der Waals surface area contributed by atoms with Crippen LogP contribution in [0.25, 0.3) is 10.8 Å². The number of fused-ring (bicyclic) bond motifs is 2. The lowest BCUT2D eigenvalue weighted by molar-refractivity contribution is -0.133. The average molecular weight is 565 g/mol. The molecule has 4 aromatic rings. The number of nitriles is 1. The summed E-state index contributed by atoms with van der Waals surface area (Å²) in [6.45, 7) is 6.18. The SMILES string of the molecule is Cc1cccc2cccc(N3CCc4c(nc(OCc5cocn5)nc4N4CCN(C(=O)C5CN5)[C@@H](CC#N)C4)C3)c12. The van der Waals surface area contributed by atoms with Crippen LogP contribution in [0.4, 0.5) is 11.5 Å². The second kappa shape index (κ2) is 10.9. The maximum absolute atomic E-state index is 12.9. The quantitative estimate of drug-likeness (QED) is 0.334. The molecule has 42 heavy (non-hydrogen) atoms. The number of piperazine rings is 1. The Labute approximate surface area is 243 Å². The van der Waals surface area contributed by atoms with Crippen LogP contribution in [-0.4, -0.2) is 70.6 Å². The number of benzene rings is 2. The van der Waals surface area contributed by atoms with E-state index in [1.807, 2.05) is 4.90 Å². The number of oxazole rings is 1. The topological polar surface area (TPSA) is 134 Å². The molecule has 11 heteroatoms. The summed E-state index contributed by atoms with van der Waals surface area (Å²) in [5, 5.41) is 15.1. The third-order valence-electron chi connectivity index (χ3n) is 8.39. The molecule has 2 aromatic carbocycles. The second-order valence-electron chi connectivity index (χ2n) is 11.1. The number of aryl methyl sites for hydroxylation is 1. The number of amides is 1. The van der Waals surface area contributed by atoms with E-state index in [1.54, 1.807) is 6.26 Å². The highest BCUT2D eigenvalue weighted by molar-refractivity contribution is 5.97. The van der Waals surface area contributed by atoms with Crippen LogP contribution >= 0.6 is 0 Å². The maximum Gasteiger partial charge on any atom is 0.319 e. The molecule has 1 amide bonds. The van der Waals surface area contributed by atoms with E-state index >= 15 is 0 Å². The molecule has 11 nitrogen and oxygen atoms in total. The van der Waals surface area contributed by atoms with Crippen LogP contribution in [0.1, 0.15) is 28.9 Å². The van der Waals surface area contributed by atoms with Crippen molar-refractivity contribution in [1.29, 1.82) is 5.26 Å². The van der Waals surface area contributed by atoms with Gasteiger partial charge < -0.3 is 29.2 Å². The van der Waals surface area contributed by atoms with E-state index in [2.05, 4.69) is 69.5 Å². The van der Waals surface area contributed by atoms with Crippen LogP contribution in [0.2, 0.25) is 0 Å². The predicted molar refractivity (Wildman–Crippen MR) is 156 cm³/mol. The van der Waals surface area contributed by atoms with E-state index in [1.165, 1.54) is 28.4 Å². The first-order valence-corrected chi connectivity index (χ1v) is 14.4. The van der Waals surface area contributed by atoms with E-state index in [4.69, 9.17) is 19.1 Å². The van der Waals surface area contributed by atoms with Gasteiger partial charge in [-0.2, -0.15) is 15.2 Å².